The molecule has 0 aliphatic rings. The van der Waals surface area contributed by atoms with Crippen molar-refractivity contribution in [3.8, 4) is 0 Å². The van der Waals surface area contributed by atoms with Crippen LogP contribution in [-0.4, -0.2) is 46.1 Å². The molecule has 0 radical (unpaired) electrons. The third-order valence-electron chi connectivity index (χ3n) is 2.41. The van der Waals surface area contributed by atoms with Gasteiger partial charge in [-0.15, -0.1) is 0 Å². The van der Waals surface area contributed by atoms with Crippen LogP contribution in [0.1, 0.15) is 5.56 Å². The maximum Gasteiger partial charge on any atom is 0.325 e. The van der Waals surface area contributed by atoms with Crippen LogP contribution in [0.15, 0.2) is 24.3 Å². The van der Waals surface area contributed by atoms with Gasteiger partial charge in [-0.3, -0.25) is 4.79 Å². The number of carbonyl (C=O) groups is 1. The lowest BCUT2D eigenvalue weighted by molar-refractivity contribution is -0.143. The van der Waals surface area contributed by atoms with Crippen molar-refractivity contribution in [2.45, 2.75) is 6.92 Å². The molecule has 0 aliphatic carbocycles. The summed E-state index contributed by atoms with van der Waals surface area (Å²) in [5, 5.41) is 3.00. The Bertz CT molecular complexity index is 364. The Morgan fingerprint density at radius 3 is 2.47 bits per heavy atom. The molecule has 5 nitrogen and oxygen atoms in total. The van der Waals surface area contributed by atoms with E-state index in [2.05, 4.69) is 5.32 Å². The van der Waals surface area contributed by atoms with Crippen molar-refractivity contribution in [3.63, 3.8) is 0 Å². The predicted octanol–water partition coefficient (Wildman–Crippen LogP) is 1.61. The first kappa shape index (κ1) is 15.5. The second-order valence-corrected chi connectivity index (χ2v) is 4.05. The van der Waals surface area contributed by atoms with Gasteiger partial charge >= 0.3 is 5.97 Å². The van der Waals surface area contributed by atoms with Crippen molar-refractivity contribution < 1.29 is 19.0 Å². The highest BCUT2D eigenvalue weighted by atomic mass is 16.6. The minimum Gasteiger partial charge on any atom is -0.462 e. The van der Waals surface area contributed by atoms with E-state index >= 15 is 0 Å². The number of hydrogen-bond donors (Lipinski definition) is 1. The molecule has 0 spiro atoms. The minimum absolute atomic E-state index is 0.154. The number of nitrogens with one attached hydrogen (secondary N) is 1. The first-order valence-electron chi connectivity index (χ1n) is 6.25. The molecule has 5 heteroatoms. The van der Waals surface area contributed by atoms with Crippen LogP contribution in [0, 0.1) is 6.92 Å². The number of benzene rings is 1. The second-order valence-electron chi connectivity index (χ2n) is 4.05. The maximum atomic E-state index is 11.4. The Hall–Kier alpha value is -1.59. The molecule has 106 valence electrons. The number of hydrogen-bond acceptors (Lipinski definition) is 5. The third kappa shape index (κ3) is 7.43. The fourth-order valence-electron chi connectivity index (χ4n) is 1.36. The van der Waals surface area contributed by atoms with E-state index in [-0.39, 0.29) is 19.1 Å². The summed E-state index contributed by atoms with van der Waals surface area (Å²) in [6.45, 7) is 3.87. The summed E-state index contributed by atoms with van der Waals surface area (Å²) in [6, 6.07) is 7.82. The van der Waals surface area contributed by atoms with Crippen LogP contribution in [0.25, 0.3) is 0 Å². The Balaban J connectivity index is 2.06. The minimum atomic E-state index is -0.295. The molecular formula is C14H21NO4. The number of esters is 1. The quantitative estimate of drug-likeness (QED) is 0.544. The van der Waals surface area contributed by atoms with Crippen LogP contribution in [0.3, 0.4) is 0 Å². The van der Waals surface area contributed by atoms with Gasteiger partial charge in [-0.1, -0.05) is 17.7 Å². The fraction of sp³-hybridized carbons (Fsp3) is 0.500. The van der Waals surface area contributed by atoms with Gasteiger partial charge in [-0.25, -0.2) is 0 Å². The van der Waals surface area contributed by atoms with E-state index in [1.54, 1.807) is 7.11 Å². The molecule has 0 saturated heterocycles. The zero-order valence-electron chi connectivity index (χ0n) is 11.5. The van der Waals surface area contributed by atoms with Gasteiger partial charge in [0.15, 0.2) is 0 Å². The van der Waals surface area contributed by atoms with Crippen molar-refractivity contribution in [2.24, 2.45) is 0 Å². The van der Waals surface area contributed by atoms with Crippen LogP contribution in [-0.2, 0) is 19.0 Å². The van der Waals surface area contributed by atoms with Crippen LogP contribution in [0.5, 0.6) is 0 Å². The molecule has 1 N–H and O–H groups in total. The normalized spacial score (nSPS) is 10.2. The fourth-order valence-corrected chi connectivity index (χ4v) is 1.36. The standard InChI is InChI=1S/C14H21NO4/c1-12-3-5-13(6-4-12)15-11-14(16)19-10-9-18-8-7-17-2/h3-6,15H,7-11H2,1-2H3. The number of anilines is 1. The van der Waals surface area contributed by atoms with E-state index < -0.39 is 0 Å². The summed E-state index contributed by atoms with van der Waals surface area (Å²) in [6.07, 6.45) is 0. The molecule has 0 atom stereocenters. The van der Waals surface area contributed by atoms with Crippen molar-refractivity contribution >= 4 is 11.7 Å². The molecular weight excluding hydrogens is 246 g/mol. The summed E-state index contributed by atoms with van der Waals surface area (Å²) in [7, 11) is 1.61. The number of ether oxygens (including phenoxy) is 3. The SMILES string of the molecule is COCCOCCOC(=O)CNc1ccc(C)cc1. The van der Waals surface area contributed by atoms with Crippen LogP contribution < -0.4 is 5.32 Å². The lowest BCUT2D eigenvalue weighted by Crippen LogP contribution is -2.19. The molecule has 1 rings (SSSR count). The van der Waals surface area contributed by atoms with E-state index in [0.717, 1.165) is 5.69 Å². The van der Waals surface area contributed by atoms with Gasteiger partial charge < -0.3 is 19.5 Å². The van der Waals surface area contributed by atoms with E-state index in [0.29, 0.717) is 19.8 Å². The van der Waals surface area contributed by atoms with Gasteiger partial charge in [0.2, 0.25) is 0 Å². The lowest BCUT2D eigenvalue weighted by atomic mass is 10.2. The zero-order valence-corrected chi connectivity index (χ0v) is 11.5. The van der Waals surface area contributed by atoms with Crippen LogP contribution >= 0.6 is 0 Å². The Morgan fingerprint density at radius 2 is 1.79 bits per heavy atom. The molecule has 0 bridgehead atoms. The largest absolute Gasteiger partial charge is 0.462 e. The predicted molar refractivity (Wildman–Crippen MR) is 73.3 cm³/mol. The first-order valence-corrected chi connectivity index (χ1v) is 6.25. The molecule has 0 aliphatic heterocycles. The van der Waals surface area contributed by atoms with Gasteiger partial charge in [0.25, 0.3) is 0 Å². The second kappa shape index (κ2) is 9.35. The first-order chi connectivity index (χ1) is 9.22. The van der Waals surface area contributed by atoms with Crippen molar-refractivity contribution in [3.05, 3.63) is 29.8 Å². The van der Waals surface area contributed by atoms with E-state index in [4.69, 9.17) is 14.2 Å². The van der Waals surface area contributed by atoms with Gasteiger partial charge in [-0.2, -0.15) is 0 Å². The average Bonchev–Trinajstić information content (AvgIpc) is 2.42. The molecule has 1 aromatic rings. The highest BCUT2D eigenvalue weighted by Gasteiger charge is 2.02. The monoisotopic (exact) mass is 267 g/mol. The molecule has 0 heterocycles. The Morgan fingerprint density at radius 1 is 1.11 bits per heavy atom. The van der Waals surface area contributed by atoms with E-state index in [1.165, 1.54) is 5.56 Å². The topological polar surface area (TPSA) is 56.8 Å². The van der Waals surface area contributed by atoms with Crippen molar-refractivity contribution in [1.29, 1.82) is 0 Å². The maximum absolute atomic E-state index is 11.4. The molecule has 0 amide bonds. The number of methoxy groups -OCH3 is 1. The van der Waals surface area contributed by atoms with Gasteiger partial charge in [0.05, 0.1) is 19.8 Å². The van der Waals surface area contributed by atoms with Crippen molar-refractivity contribution in [2.75, 3.05) is 45.4 Å². The van der Waals surface area contributed by atoms with Gasteiger partial charge in [0, 0.05) is 12.8 Å². The molecule has 1 aromatic carbocycles. The van der Waals surface area contributed by atoms with Gasteiger partial charge in [-0.05, 0) is 19.1 Å². The number of aryl methyl sites for hydroxylation is 1. The van der Waals surface area contributed by atoms with Crippen molar-refractivity contribution in [1.82, 2.24) is 0 Å². The lowest BCUT2D eigenvalue weighted by Gasteiger charge is -2.08. The summed E-state index contributed by atoms with van der Waals surface area (Å²) in [5.74, 6) is -0.295. The van der Waals surface area contributed by atoms with Crippen LogP contribution in [0.4, 0.5) is 5.69 Å². The average molecular weight is 267 g/mol. The van der Waals surface area contributed by atoms with E-state index in [9.17, 15) is 4.79 Å². The third-order valence-corrected chi connectivity index (χ3v) is 2.41. The molecule has 0 aromatic heterocycles. The number of rotatable bonds is 9. The number of carbonyl (C=O) groups excluding carboxylic acids is 1. The molecule has 0 saturated carbocycles. The highest BCUT2D eigenvalue weighted by molar-refractivity contribution is 5.74. The molecule has 0 fully saturated rings. The van der Waals surface area contributed by atoms with E-state index in [1.807, 2.05) is 31.2 Å². The Labute approximate surface area is 113 Å². The van der Waals surface area contributed by atoms with Gasteiger partial charge in [0.1, 0.15) is 13.2 Å². The summed E-state index contributed by atoms with van der Waals surface area (Å²) < 4.78 is 15.0. The van der Waals surface area contributed by atoms with Crippen LogP contribution in [0.2, 0.25) is 0 Å². The summed E-state index contributed by atoms with van der Waals surface area (Å²) in [5.41, 5.74) is 2.08. The summed E-state index contributed by atoms with van der Waals surface area (Å²) in [4.78, 5) is 11.4. The Kier molecular flexibility index (Phi) is 7.62. The summed E-state index contributed by atoms with van der Waals surface area (Å²) >= 11 is 0. The molecule has 19 heavy (non-hydrogen) atoms. The zero-order chi connectivity index (χ0) is 13.9. The highest BCUT2D eigenvalue weighted by Crippen LogP contribution is 2.07. The molecule has 0 unspecified atom stereocenters. The smallest absolute Gasteiger partial charge is 0.325 e.